The Bertz CT molecular complexity index is 1010. The Balaban J connectivity index is 2.21. The molecule has 0 aliphatic carbocycles. The predicted octanol–water partition coefficient (Wildman–Crippen LogP) is 2.82. The van der Waals surface area contributed by atoms with E-state index in [1.165, 1.54) is 33.2 Å². The minimum Gasteiger partial charge on any atom is -0.493 e. The molecule has 1 aromatic heterocycles. The monoisotopic (exact) mass is 448 g/mol. The number of anilines is 1. The fourth-order valence-corrected chi connectivity index (χ4v) is 3.85. The first-order valence-electron chi connectivity index (χ1n) is 9.37. The van der Waals surface area contributed by atoms with E-state index in [4.69, 9.17) is 14.2 Å². The quantitative estimate of drug-likeness (QED) is 0.447. The van der Waals surface area contributed by atoms with Crippen molar-refractivity contribution in [3.05, 3.63) is 39.8 Å². The Kier molecular flexibility index (Phi) is 8.14. The molecule has 0 saturated carbocycles. The molecule has 0 spiro atoms. The minimum absolute atomic E-state index is 0.127. The summed E-state index contributed by atoms with van der Waals surface area (Å²) >= 11 is 0.973. The zero-order chi connectivity index (χ0) is 23.1. The lowest BCUT2D eigenvalue weighted by Gasteiger charge is -2.12. The van der Waals surface area contributed by atoms with E-state index in [0.29, 0.717) is 21.8 Å². The molecule has 0 saturated heterocycles. The van der Waals surface area contributed by atoms with Gasteiger partial charge >= 0.3 is 5.97 Å². The number of methoxy groups -OCH3 is 1. The van der Waals surface area contributed by atoms with Gasteiger partial charge in [0.1, 0.15) is 5.00 Å². The Morgan fingerprint density at radius 2 is 1.84 bits per heavy atom. The largest absolute Gasteiger partial charge is 0.493 e. The van der Waals surface area contributed by atoms with Gasteiger partial charge in [0.15, 0.2) is 23.9 Å². The number of Topliss-reactive ketones (excluding diaryl/α,β-unsaturated/α-hetero) is 1. The van der Waals surface area contributed by atoms with Crippen LogP contribution in [-0.4, -0.2) is 50.9 Å². The highest BCUT2D eigenvalue weighted by Gasteiger charge is 2.26. The van der Waals surface area contributed by atoms with Gasteiger partial charge in [-0.1, -0.05) is 0 Å². The lowest BCUT2D eigenvalue weighted by Crippen LogP contribution is -2.21. The molecule has 10 heteroatoms. The third kappa shape index (κ3) is 5.60. The van der Waals surface area contributed by atoms with Gasteiger partial charge in [0, 0.05) is 12.6 Å². The zero-order valence-electron chi connectivity index (χ0n) is 17.9. The topological polar surface area (TPSA) is 120 Å². The molecule has 0 unspecified atom stereocenters. The fourth-order valence-electron chi connectivity index (χ4n) is 2.69. The molecule has 2 rings (SSSR count). The number of ether oxygens (including phenoxy) is 3. The van der Waals surface area contributed by atoms with E-state index in [2.05, 4.69) is 10.6 Å². The van der Waals surface area contributed by atoms with Crippen molar-refractivity contribution in [2.75, 3.05) is 32.7 Å². The van der Waals surface area contributed by atoms with Gasteiger partial charge in [0.2, 0.25) is 0 Å². The molecule has 0 fully saturated rings. The second kappa shape index (κ2) is 10.6. The van der Waals surface area contributed by atoms with Gasteiger partial charge < -0.3 is 24.8 Å². The molecular formula is C21H24N2O7S. The summed E-state index contributed by atoms with van der Waals surface area (Å²) in [6.45, 7) is 4.47. The van der Waals surface area contributed by atoms with Gasteiger partial charge in [-0.15, -0.1) is 11.3 Å². The molecule has 0 radical (unpaired) electrons. The predicted molar refractivity (Wildman–Crippen MR) is 116 cm³/mol. The van der Waals surface area contributed by atoms with Gasteiger partial charge in [-0.2, -0.15) is 0 Å². The molecule has 31 heavy (non-hydrogen) atoms. The van der Waals surface area contributed by atoms with Crippen molar-refractivity contribution in [3.63, 3.8) is 0 Å². The minimum atomic E-state index is -0.635. The van der Waals surface area contributed by atoms with Crippen LogP contribution in [0.1, 0.15) is 49.8 Å². The van der Waals surface area contributed by atoms with Gasteiger partial charge in [-0.3, -0.25) is 14.4 Å². The third-order valence-electron chi connectivity index (χ3n) is 4.24. The lowest BCUT2D eigenvalue weighted by atomic mass is 10.1. The van der Waals surface area contributed by atoms with Crippen molar-refractivity contribution in [1.82, 2.24) is 5.32 Å². The zero-order valence-corrected chi connectivity index (χ0v) is 18.7. The maximum absolute atomic E-state index is 12.5. The second-order valence-electron chi connectivity index (χ2n) is 6.32. The number of hydrogen-bond donors (Lipinski definition) is 2. The molecule has 2 amide bonds. The van der Waals surface area contributed by atoms with Crippen LogP contribution >= 0.6 is 11.3 Å². The van der Waals surface area contributed by atoms with Crippen molar-refractivity contribution < 1.29 is 33.4 Å². The number of rotatable bonds is 9. The molecule has 2 aromatic rings. The van der Waals surface area contributed by atoms with Crippen LogP contribution in [0.25, 0.3) is 0 Å². The number of hydrogen-bond acceptors (Lipinski definition) is 8. The highest BCUT2D eigenvalue weighted by molar-refractivity contribution is 7.18. The lowest BCUT2D eigenvalue weighted by molar-refractivity contribution is -0.118. The van der Waals surface area contributed by atoms with Crippen LogP contribution in [-0.2, 0) is 9.53 Å². The van der Waals surface area contributed by atoms with Crippen LogP contribution in [0.4, 0.5) is 5.00 Å². The molecule has 0 atom stereocenters. The number of esters is 1. The normalized spacial score (nSPS) is 10.2. The first kappa shape index (κ1) is 23.9. The Morgan fingerprint density at radius 1 is 1.13 bits per heavy atom. The number of ketones is 1. The number of thiophene rings is 1. The van der Waals surface area contributed by atoms with Crippen LogP contribution in [0, 0.1) is 6.92 Å². The number of benzene rings is 1. The van der Waals surface area contributed by atoms with E-state index in [-0.39, 0.29) is 41.2 Å². The van der Waals surface area contributed by atoms with Gasteiger partial charge in [0.05, 0.1) is 24.2 Å². The maximum atomic E-state index is 12.5. The van der Waals surface area contributed by atoms with E-state index in [0.717, 1.165) is 11.3 Å². The van der Waals surface area contributed by atoms with E-state index >= 15 is 0 Å². The summed E-state index contributed by atoms with van der Waals surface area (Å²) in [5, 5.41) is 5.31. The first-order valence-corrected chi connectivity index (χ1v) is 10.2. The second-order valence-corrected chi connectivity index (χ2v) is 7.34. The molecule has 0 aliphatic rings. The summed E-state index contributed by atoms with van der Waals surface area (Å²) in [5.41, 5.74) is 0.992. The average Bonchev–Trinajstić information content (AvgIpc) is 3.07. The Labute approximate surface area is 183 Å². The molecule has 0 bridgehead atoms. The summed E-state index contributed by atoms with van der Waals surface area (Å²) < 4.78 is 15.8. The number of amides is 2. The molecule has 0 aliphatic heterocycles. The van der Waals surface area contributed by atoms with Crippen LogP contribution in [0.5, 0.6) is 11.5 Å². The van der Waals surface area contributed by atoms with Gasteiger partial charge in [0.25, 0.3) is 11.8 Å². The van der Waals surface area contributed by atoms with Crippen molar-refractivity contribution in [2.45, 2.75) is 20.8 Å². The molecular weight excluding hydrogens is 424 g/mol. The number of carbonyl (C=O) groups excluding carboxylic acids is 4. The van der Waals surface area contributed by atoms with Crippen LogP contribution in [0.2, 0.25) is 0 Å². The summed E-state index contributed by atoms with van der Waals surface area (Å²) in [4.78, 5) is 48.7. The van der Waals surface area contributed by atoms with Crippen molar-refractivity contribution in [3.8, 4) is 11.5 Å². The van der Waals surface area contributed by atoms with Crippen molar-refractivity contribution in [2.24, 2.45) is 0 Å². The highest BCUT2D eigenvalue weighted by atomic mass is 32.1. The molecule has 2 N–H and O–H groups in total. The highest BCUT2D eigenvalue weighted by Crippen LogP contribution is 2.34. The summed E-state index contributed by atoms with van der Waals surface area (Å²) in [5.74, 6) is -1.10. The molecule has 1 heterocycles. The van der Waals surface area contributed by atoms with E-state index in [9.17, 15) is 19.2 Å². The molecule has 166 valence electrons. The Morgan fingerprint density at radius 3 is 2.42 bits per heavy atom. The summed E-state index contributed by atoms with van der Waals surface area (Å²) in [7, 11) is 2.90. The van der Waals surface area contributed by atoms with E-state index < -0.39 is 11.9 Å². The van der Waals surface area contributed by atoms with Gasteiger partial charge in [-0.05, 0) is 44.5 Å². The van der Waals surface area contributed by atoms with Crippen molar-refractivity contribution >= 4 is 39.9 Å². The smallest absolute Gasteiger partial charge is 0.341 e. The summed E-state index contributed by atoms with van der Waals surface area (Å²) in [6.07, 6.45) is 0. The number of nitrogens with one attached hydrogen (secondary N) is 2. The van der Waals surface area contributed by atoms with Crippen molar-refractivity contribution in [1.29, 1.82) is 0 Å². The van der Waals surface area contributed by atoms with Gasteiger partial charge in [-0.25, -0.2) is 4.79 Å². The first-order chi connectivity index (χ1) is 14.7. The SMILES string of the molecule is CCOC(=O)c1c(NC(=O)COc2ccc(C(C)=O)cc2OC)sc(C(=O)NC)c1C. The number of carbonyl (C=O) groups is 4. The third-order valence-corrected chi connectivity index (χ3v) is 5.45. The van der Waals surface area contributed by atoms with Crippen LogP contribution < -0.4 is 20.1 Å². The molecule has 9 nitrogen and oxygen atoms in total. The van der Waals surface area contributed by atoms with Crippen LogP contribution in [0.3, 0.4) is 0 Å². The maximum Gasteiger partial charge on any atom is 0.341 e. The average molecular weight is 448 g/mol. The summed E-state index contributed by atoms with van der Waals surface area (Å²) in [6, 6.07) is 4.62. The van der Waals surface area contributed by atoms with E-state index in [1.54, 1.807) is 19.9 Å². The Hall–Kier alpha value is -3.40. The molecule has 1 aromatic carbocycles. The van der Waals surface area contributed by atoms with Crippen LogP contribution in [0.15, 0.2) is 18.2 Å². The van der Waals surface area contributed by atoms with E-state index in [1.807, 2.05) is 0 Å². The fraction of sp³-hybridized carbons (Fsp3) is 0.333. The standard InChI is InChI=1S/C21H24N2O7S/c1-6-29-21(27)17-11(2)18(19(26)22-4)31-20(17)23-16(25)10-30-14-8-7-13(12(3)24)9-15(14)28-5/h7-9H,6,10H2,1-5H3,(H,22,26)(H,23,25).